The van der Waals surface area contributed by atoms with Crippen molar-refractivity contribution in [2.45, 2.75) is 137 Å². The Balaban J connectivity index is 1.50. The van der Waals surface area contributed by atoms with Gasteiger partial charge in [0.2, 0.25) is 0 Å². The Hall–Kier alpha value is -4.79. The molecule has 2 unspecified atom stereocenters. The van der Waals surface area contributed by atoms with Crippen LogP contribution in [0, 0.1) is 0 Å². The first-order valence-electron chi connectivity index (χ1n) is 20.6. The van der Waals surface area contributed by atoms with Gasteiger partial charge in [-0.2, -0.15) is 0 Å². The van der Waals surface area contributed by atoms with Crippen molar-refractivity contribution in [1.29, 1.82) is 0 Å². The molecule has 1 aliphatic carbocycles. The van der Waals surface area contributed by atoms with Crippen LogP contribution < -0.4 is 5.32 Å². The van der Waals surface area contributed by atoms with E-state index in [2.05, 4.69) is 25.2 Å². The number of rotatable bonds is 18. The van der Waals surface area contributed by atoms with Crippen molar-refractivity contribution in [2.24, 2.45) is 0 Å². The monoisotopic (exact) mass is 815 g/mol. The van der Waals surface area contributed by atoms with E-state index in [0.717, 1.165) is 24.2 Å². The molecule has 3 heterocycles. The maximum atomic E-state index is 13.4. The number of ether oxygens (including phenoxy) is 3. The van der Waals surface area contributed by atoms with Gasteiger partial charge in [-0.1, -0.05) is 25.0 Å². The van der Waals surface area contributed by atoms with Gasteiger partial charge >= 0.3 is 17.9 Å². The average molecular weight is 816 g/mol. The zero-order valence-corrected chi connectivity index (χ0v) is 36.5. The molecule has 0 aliphatic heterocycles. The number of esters is 3. The van der Waals surface area contributed by atoms with Gasteiger partial charge in [0.25, 0.3) is 5.91 Å². The highest BCUT2D eigenvalue weighted by Crippen LogP contribution is 2.29. The summed E-state index contributed by atoms with van der Waals surface area (Å²) in [7, 11) is 0. The first-order valence-corrected chi connectivity index (χ1v) is 20.6. The smallest absolute Gasteiger partial charge is 0.320 e. The lowest BCUT2D eigenvalue weighted by Gasteiger charge is -2.44. The minimum Gasteiger partial charge on any atom is -0.459 e. The number of carbonyl (C=O) groups excluding carboxylic acids is 4. The van der Waals surface area contributed by atoms with E-state index >= 15 is 0 Å². The molecule has 2 atom stereocenters. The molecule has 0 spiro atoms. The summed E-state index contributed by atoms with van der Waals surface area (Å²) in [6.45, 7) is 18.5. The Morgan fingerprint density at radius 2 is 1.07 bits per heavy atom. The fourth-order valence-corrected chi connectivity index (χ4v) is 7.09. The van der Waals surface area contributed by atoms with Crippen LogP contribution in [0.5, 0.6) is 0 Å². The molecule has 1 fully saturated rings. The number of nitrogens with zero attached hydrogens (tertiary/aromatic N) is 6. The lowest BCUT2D eigenvalue weighted by molar-refractivity contribution is -0.164. The zero-order valence-electron chi connectivity index (χ0n) is 36.5. The quantitative estimate of drug-likeness (QED) is 0.123. The van der Waals surface area contributed by atoms with Crippen molar-refractivity contribution in [2.75, 3.05) is 32.7 Å². The van der Waals surface area contributed by atoms with Crippen LogP contribution in [0.25, 0.3) is 0 Å². The predicted molar refractivity (Wildman–Crippen MR) is 225 cm³/mol. The Bertz CT molecular complexity index is 1720. The third-order valence-corrected chi connectivity index (χ3v) is 9.28. The summed E-state index contributed by atoms with van der Waals surface area (Å²) in [5.41, 5.74) is 0.788. The van der Waals surface area contributed by atoms with Gasteiger partial charge in [-0.25, -0.2) is 0 Å². The number of nitrogens with one attached hydrogen (secondary N) is 1. The summed E-state index contributed by atoms with van der Waals surface area (Å²) >= 11 is 0. The molecule has 0 bridgehead atoms. The lowest BCUT2D eigenvalue weighted by atomic mass is 9.87. The molecule has 1 N–H and O–H groups in total. The third kappa shape index (κ3) is 17.5. The minimum absolute atomic E-state index is 0.0391. The van der Waals surface area contributed by atoms with Crippen molar-refractivity contribution in [3.8, 4) is 0 Å². The Morgan fingerprint density at radius 3 is 1.49 bits per heavy atom. The minimum atomic E-state index is -0.710. The number of pyridine rings is 3. The summed E-state index contributed by atoms with van der Waals surface area (Å²) in [5.74, 6) is -1.55. The van der Waals surface area contributed by atoms with E-state index in [1.807, 2.05) is 67.0 Å². The lowest BCUT2D eigenvalue weighted by Crippen LogP contribution is -2.57. The molecule has 0 aromatic carbocycles. The van der Waals surface area contributed by atoms with Gasteiger partial charge in [0.15, 0.2) is 0 Å². The van der Waals surface area contributed by atoms with Gasteiger partial charge in [0, 0.05) is 63.4 Å². The summed E-state index contributed by atoms with van der Waals surface area (Å²) in [4.78, 5) is 72.9. The summed E-state index contributed by atoms with van der Waals surface area (Å²) in [6, 6.07) is 14.6. The molecule has 4 rings (SSSR count). The fourth-order valence-electron chi connectivity index (χ4n) is 7.09. The summed E-state index contributed by atoms with van der Waals surface area (Å²) in [5, 5.41) is 3.02. The van der Waals surface area contributed by atoms with Gasteiger partial charge in [-0.15, -0.1) is 0 Å². The van der Waals surface area contributed by atoms with E-state index in [9.17, 15) is 19.2 Å². The van der Waals surface area contributed by atoms with E-state index in [1.165, 1.54) is 0 Å². The highest BCUT2D eigenvalue weighted by atomic mass is 16.6. The number of aromatic nitrogens is 3. The first kappa shape index (κ1) is 46.9. The highest BCUT2D eigenvalue weighted by Gasteiger charge is 2.38. The van der Waals surface area contributed by atoms with Crippen LogP contribution in [0.2, 0.25) is 0 Å². The predicted octanol–water partition coefficient (Wildman–Crippen LogP) is 5.74. The van der Waals surface area contributed by atoms with Crippen LogP contribution in [0.3, 0.4) is 0 Å². The van der Waals surface area contributed by atoms with Gasteiger partial charge in [-0.3, -0.25) is 48.8 Å². The maximum Gasteiger partial charge on any atom is 0.320 e. The van der Waals surface area contributed by atoms with Crippen LogP contribution in [-0.4, -0.2) is 115 Å². The topological polar surface area (TPSA) is 156 Å². The summed E-state index contributed by atoms with van der Waals surface area (Å²) < 4.78 is 17.2. The molecule has 0 saturated heterocycles. The van der Waals surface area contributed by atoms with Crippen molar-refractivity contribution in [3.05, 3.63) is 89.8 Å². The van der Waals surface area contributed by atoms with E-state index in [-0.39, 0.29) is 44.2 Å². The number of amides is 1. The molecule has 1 saturated carbocycles. The average Bonchev–Trinajstić information content (AvgIpc) is 3.13. The van der Waals surface area contributed by atoms with Crippen molar-refractivity contribution in [1.82, 2.24) is 35.0 Å². The second-order valence-corrected chi connectivity index (χ2v) is 18.1. The first-order chi connectivity index (χ1) is 27.7. The SMILES string of the molecule is CC(C)(C)OC(=O)CN(CC(=O)OC(C)(C)C)C1CCCCC1N(CC(=O)OC(C)(C)C)Cc1ccc(C(=O)NCCN(Cc2ccccn2)Cc2ccccn2)cn1. The maximum absolute atomic E-state index is 13.4. The van der Waals surface area contributed by atoms with E-state index < -0.39 is 34.7 Å². The molecule has 1 aliphatic rings. The zero-order chi connectivity index (χ0) is 43.2. The molecule has 3 aromatic rings. The standard InChI is InChI=1S/C45H65N7O7/c1-43(2,3)57-39(53)30-51(37-18-10-11-19-38(37)52(31-40(54)58-44(4,5)6)32-41(55)59-45(7,8)9)29-36-21-20-33(26-49-36)42(56)48-24-25-50(27-34-16-12-14-22-46-34)28-35-17-13-15-23-47-35/h12-17,20-23,26,37-38H,10-11,18-19,24-25,27-32H2,1-9H3,(H,48,56). The summed E-state index contributed by atoms with van der Waals surface area (Å²) in [6.07, 6.45) is 8.26. The highest BCUT2D eigenvalue weighted by molar-refractivity contribution is 5.93. The van der Waals surface area contributed by atoms with Gasteiger partial charge < -0.3 is 19.5 Å². The van der Waals surface area contributed by atoms with Gasteiger partial charge in [0.05, 0.1) is 42.3 Å². The van der Waals surface area contributed by atoms with Crippen LogP contribution >= 0.6 is 0 Å². The molecule has 14 heteroatoms. The van der Waals surface area contributed by atoms with Crippen LogP contribution in [-0.2, 0) is 48.2 Å². The molecule has 0 radical (unpaired) electrons. The fraction of sp³-hybridized carbons (Fsp3) is 0.578. The van der Waals surface area contributed by atoms with Crippen LogP contribution in [0.1, 0.15) is 115 Å². The van der Waals surface area contributed by atoms with Crippen LogP contribution in [0.15, 0.2) is 67.1 Å². The normalized spacial score (nSPS) is 16.2. The van der Waals surface area contributed by atoms with Crippen molar-refractivity contribution < 1.29 is 33.4 Å². The second kappa shape index (κ2) is 21.5. The number of carbonyl (C=O) groups is 4. The molecule has 14 nitrogen and oxygen atoms in total. The van der Waals surface area contributed by atoms with Crippen molar-refractivity contribution in [3.63, 3.8) is 0 Å². The Morgan fingerprint density at radius 1 is 0.610 bits per heavy atom. The second-order valence-electron chi connectivity index (χ2n) is 18.1. The molecular weight excluding hydrogens is 751 g/mol. The third-order valence-electron chi connectivity index (χ3n) is 9.28. The molecule has 1 amide bonds. The molecular formula is C45H65N7O7. The van der Waals surface area contributed by atoms with Gasteiger partial charge in [-0.05, 0) is 112 Å². The molecule has 59 heavy (non-hydrogen) atoms. The Kier molecular flexibility index (Phi) is 17.1. The van der Waals surface area contributed by atoms with Gasteiger partial charge in [0.1, 0.15) is 16.8 Å². The van der Waals surface area contributed by atoms with E-state index in [1.54, 1.807) is 72.3 Å². The Labute approximate surface area is 350 Å². The number of hydrogen-bond donors (Lipinski definition) is 1. The van der Waals surface area contributed by atoms with E-state index in [4.69, 9.17) is 14.2 Å². The number of hydrogen-bond acceptors (Lipinski definition) is 13. The van der Waals surface area contributed by atoms with E-state index in [0.29, 0.717) is 50.3 Å². The largest absolute Gasteiger partial charge is 0.459 e. The molecule has 3 aromatic heterocycles. The van der Waals surface area contributed by atoms with Crippen molar-refractivity contribution >= 4 is 23.8 Å². The van der Waals surface area contributed by atoms with Crippen LogP contribution in [0.4, 0.5) is 0 Å². The molecule has 322 valence electrons.